The molecule has 1 aromatic carbocycles. The Kier molecular flexibility index (Phi) is 3.83. The Balaban J connectivity index is 1.70. The van der Waals surface area contributed by atoms with Gasteiger partial charge in [-0.05, 0) is 23.6 Å². The van der Waals surface area contributed by atoms with Crippen LogP contribution in [0.15, 0.2) is 48.5 Å². The van der Waals surface area contributed by atoms with E-state index in [1.807, 2.05) is 12.1 Å². The molecule has 4 nitrogen and oxygen atoms in total. The van der Waals surface area contributed by atoms with Crippen LogP contribution in [0.1, 0.15) is 11.8 Å². The van der Waals surface area contributed by atoms with Crippen molar-refractivity contribution < 1.29 is 9.53 Å². The number of aromatic nitrogens is 1. The highest BCUT2D eigenvalue weighted by atomic mass is 32.1. The Labute approximate surface area is 126 Å². The molecule has 1 N–H and O–H groups in total. The standard InChI is InChI=1S/C16H14N2O2S/c1-11(19)17-15-7-4-8-16(18-15)20-10-13-9-12-5-2-3-6-14(12)21-13/h2-9H,10H2,1H3,(H,17,18,19). The molecule has 0 aliphatic rings. The van der Waals surface area contributed by atoms with Crippen molar-refractivity contribution in [3.63, 3.8) is 0 Å². The van der Waals surface area contributed by atoms with E-state index in [0.717, 1.165) is 4.88 Å². The van der Waals surface area contributed by atoms with Gasteiger partial charge >= 0.3 is 0 Å². The van der Waals surface area contributed by atoms with Crippen LogP contribution >= 0.6 is 11.3 Å². The molecular formula is C16H14N2O2S. The summed E-state index contributed by atoms with van der Waals surface area (Å²) in [6, 6.07) is 15.7. The van der Waals surface area contributed by atoms with Crippen molar-refractivity contribution in [1.82, 2.24) is 4.98 Å². The number of nitrogens with one attached hydrogen (secondary N) is 1. The van der Waals surface area contributed by atoms with E-state index < -0.39 is 0 Å². The number of hydrogen-bond donors (Lipinski definition) is 1. The van der Waals surface area contributed by atoms with Crippen LogP contribution in [-0.2, 0) is 11.4 Å². The van der Waals surface area contributed by atoms with Gasteiger partial charge in [0.25, 0.3) is 0 Å². The number of anilines is 1. The largest absolute Gasteiger partial charge is 0.472 e. The van der Waals surface area contributed by atoms with Crippen LogP contribution in [0.3, 0.4) is 0 Å². The van der Waals surface area contributed by atoms with Gasteiger partial charge in [-0.15, -0.1) is 11.3 Å². The van der Waals surface area contributed by atoms with Gasteiger partial charge in [-0.1, -0.05) is 24.3 Å². The molecule has 0 aliphatic heterocycles. The molecule has 106 valence electrons. The first-order valence-corrected chi connectivity index (χ1v) is 7.37. The van der Waals surface area contributed by atoms with Crippen LogP contribution in [0, 0.1) is 0 Å². The third-order valence-corrected chi connectivity index (χ3v) is 3.96. The summed E-state index contributed by atoms with van der Waals surface area (Å²) in [6.45, 7) is 1.92. The van der Waals surface area contributed by atoms with Gasteiger partial charge in [0.05, 0.1) is 0 Å². The Morgan fingerprint density at radius 2 is 2.10 bits per heavy atom. The number of pyridine rings is 1. The van der Waals surface area contributed by atoms with E-state index in [1.54, 1.807) is 29.5 Å². The second-order valence-electron chi connectivity index (χ2n) is 4.58. The smallest absolute Gasteiger partial charge is 0.222 e. The van der Waals surface area contributed by atoms with Crippen molar-refractivity contribution in [2.24, 2.45) is 0 Å². The van der Waals surface area contributed by atoms with Crippen molar-refractivity contribution in [2.75, 3.05) is 5.32 Å². The third kappa shape index (κ3) is 3.38. The molecule has 0 radical (unpaired) electrons. The van der Waals surface area contributed by atoms with Crippen LogP contribution in [0.5, 0.6) is 5.88 Å². The van der Waals surface area contributed by atoms with Gasteiger partial charge in [-0.3, -0.25) is 4.79 Å². The molecule has 0 atom stereocenters. The van der Waals surface area contributed by atoms with Crippen LogP contribution in [-0.4, -0.2) is 10.9 Å². The molecule has 0 bridgehead atoms. The molecule has 5 heteroatoms. The highest BCUT2D eigenvalue weighted by Crippen LogP contribution is 2.26. The van der Waals surface area contributed by atoms with E-state index in [4.69, 9.17) is 4.74 Å². The topological polar surface area (TPSA) is 51.2 Å². The number of carbonyl (C=O) groups is 1. The molecule has 0 unspecified atom stereocenters. The lowest BCUT2D eigenvalue weighted by atomic mass is 10.2. The number of ether oxygens (including phenoxy) is 1. The fourth-order valence-electron chi connectivity index (χ4n) is 2.00. The number of fused-ring (bicyclic) bond motifs is 1. The Bertz CT molecular complexity index is 750. The molecule has 0 aliphatic carbocycles. The zero-order chi connectivity index (χ0) is 14.7. The first kappa shape index (κ1) is 13.6. The van der Waals surface area contributed by atoms with Crippen LogP contribution in [0.4, 0.5) is 5.82 Å². The summed E-state index contributed by atoms with van der Waals surface area (Å²) in [6.07, 6.45) is 0. The lowest BCUT2D eigenvalue weighted by molar-refractivity contribution is -0.114. The summed E-state index contributed by atoms with van der Waals surface area (Å²) in [5, 5.41) is 3.86. The SMILES string of the molecule is CC(=O)Nc1cccc(OCc2cc3ccccc3s2)n1. The van der Waals surface area contributed by atoms with Crippen molar-refractivity contribution >= 4 is 33.1 Å². The fraction of sp³-hybridized carbons (Fsp3) is 0.125. The number of hydrogen-bond acceptors (Lipinski definition) is 4. The summed E-state index contributed by atoms with van der Waals surface area (Å²) >= 11 is 1.71. The van der Waals surface area contributed by atoms with Crippen molar-refractivity contribution in [1.29, 1.82) is 0 Å². The Hall–Kier alpha value is -2.40. The van der Waals surface area contributed by atoms with Crippen molar-refractivity contribution in [2.45, 2.75) is 13.5 Å². The van der Waals surface area contributed by atoms with Gasteiger partial charge in [0.1, 0.15) is 12.4 Å². The summed E-state index contributed by atoms with van der Waals surface area (Å²) < 4.78 is 6.94. The second-order valence-corrected chi connectivity index (χ2v) is 5.75. The third-order valence-electron chi connectivity index (χ3n) is 2.87. The van der Waals surface area contributed by atoms with Gasteiger partial charge in [-0.2, -0.15) is 4.98 Å². The van der Waals surface area contributed by atoms with E-state index in [9.17, 15) is 4.79 Å². The molecule has 0 saturated carbocycles. The number of amides is 1. The Morgan fingerprint density at radius 3 is 2.90 bits per heavy atom. The minimum atomic E-state index is -0.149. The highest BCUT2D eigenvalue weighted by Gasteiger charge is 2.04. The van der Waals surface area contributed by atoms with E-state index in [-0.39, 0.29) is 5.91 Å². The predicted octanol–water partition coefficient (Wildman–Crippen LogP) is 3.83. The number of benzene rings is 1. The molecule has 3 rings (SSSR count). The molecule has 0 saturated heterocycles. The normalized spacial score (nSPS) is 10.5. The van der Waals surface area contributed by atoms with Gasteiger partial charge in [0, 0.05) is 22.6 Å². The number of rotatable bonds is 4. The molecule has 2 heterocycles. The van der Waals surface area contributed by atoms with E-state index in [1.165, 1.54) is 17.0 Å². The lowest BCUT2D eigenvalue weighted by Crippen LogP contribution is -2.07. The molecule has 2 aromatic heterocycles. The van der Waals surface area contributed by atoms with Gasteiger partial charge in [0.15, 0.2) is 0 Å². The number of nitrogens with zero attached hydrogens (tertiary/aromatic N) is 1. The maximum Gasteiger partial charge on any atom is 0.222 e. The minimum Gasteiger partial charge on any atom is -0.472 e. The maximum absolute atomic E-state index is 11.0. The van der Waals surface area contributed by atoms with Gasteiger partial charge in [-0.25, -0.2) is 0 Å². The van der Waals surface area contributed by atoms with E-state index in [2.05, 4.69) is 28.5 Å². The summed E-state index contributed by atoms with van der Waals surface area (Å²) in [5.74, 6) is 0.846. The molecule has 1 amide bonds. The monoisotopic (exact) mass is 298 g/mol. The first-order chi connectivity index (χ1) is 10.2. The summed E-state index contributed by atoms with van der Waals surface area (Å²) in [7, 11) is 0. The molecule has 21 heavy (non-hydrogen) atoms. The maximum atomic E-state index is 11.0. The summed E-state index contributed by atoms with van der Waals surface area (Å²) in [5.41, 5.74) is 0. The fourth-order valence-corrected chi connectivity index (χ4v) is 2.98. The molecule has 3 aromatic rings. The number of carbonyl (C=O) groups excluding carboxylic acids is 1. The summed E-state index contributed by atoms with van der Waals surface area (Å²) in [4.78, 5) is 16.4. The van der Waals surface area contributed by atoms with Gasteiger partial charge in [0.2, 0.25) is 11.8 Å². The molecular weight excluding hydrogens is 284 g/mol. The van der Waals surface area contributed by atoms with Crippen LogP contribution in [0.2, 0.25) is 0 Å². The van der Waals surface area contributed by atoms with E-state index >= 15 is 0 Å². The first-order valence-electron chi connectivity index (χ1n) is 6.55. The second kappa shape index (κ2) is 5.93. The average molecular weight is 298 g/mol. The van der Waals surface area contributed by atoms with Crippen molar-refractivity contribution in [3.8, 4) is 5.88 Å². The zero-order valence-electron chi connectivity index (χ0n) is 11.5. The van der Waals surface area contributed by atoms with Crippen molar-refractivity contribution in [3.05, 3.63) is 53.4 Å². The van der Waals surface area contributed by atoms with Crippen LogP contribution < -0.4 is 10.1 Å². The zero-order valence-corrected chi connectivity index (χ0v) is 12.3. The Morgan fingerprint density at radius 1 is 1.24 bits per heavy atom. The highest BCUT2D eigenvalue weighted by molar-refractivity contribution is 7.19. The lowest BCUT2D eigenvalue weighted by Gasteiger charge is -2.06. The minimum absolute atomic E-state index is 0.149. The van der Waals surface area contributed by atoms with Gasteiger partial charge < -0.3 is 10.1 Å². The average Bonchev–Trinajstić information content (AvgIpc) is 2.87. The molecule has 0 fully saturated rings. The molecule has 0 spiro atoms. The van der Waals surface area contributed by atoms with E-state index in [0.29, 0.717) is 18.3 Å². The number of thiophene rings is 1. The van der Waals surface area contributed by atoms with Crippen LogP contribution in [0.25, 0.3) is 10.1 Å². The quantitative estimate of drug-likeness (QED) is 0.796. The predicted molar refractivity (Wildman–Crippen MR) is 84.7 cm³/mol.